The van der Waals surface area contributed by atoms with Crippen molar-refractivity contribution < 1.29 is 43.9 Å². The molecule has 234 valence electrons. The SMILES string of the molecule is CC[C@H]1OC(=O)[C@H](C)C[C@H](C)[C@@H](O[C@@H]2O[C@H](C)C[C@H](N(C)C)[C@H]2O)[C@](C)(OC)C[C@@H](C)C(=O)[C@H](C)[C@@H](O)[C@]1(C)O. The minimum atomic E-state index is -1.82. The second kappa shape index (κ2) is 13.9. The van der Waals surface area contributed by atoms with Gasteiger partial charge in [0.1, 0.15) is 23.6 Å². The molecule has 0 bridgehead atoms. The van der Waals surface area contributed by atoms with Crippen LogP contribution in [0.2, 0.25) is 0 Å². The van der Waals surface area contributed by atoms with Crippen LogP contribution >= 0.6 is 0 Å². The monoisotopic (exact) mass is 573 g/mol. The van der Waals surface area contributed by atoms with Crippen molar-refractivity contribution >= 4 is 11.8 Å². The number of aliphatic hydroxyl groups excluding tert-OH is 2. The average molecular weight is 574 g/mol. The number of ether oxygens (including phenoxy) is 4. The minimum absolute atomic E-state index is 0.154. The predicted molar refractivity (Wildman–Crippen MR) is 150 cm³/mol. The van der Waals surface area contributed by atoms with Crippen LogP contribution in [0.1, 0.15) is 81.1 Å². The number of Topliss-reactive ketones (excluding diaryl/α,β-unsaturated/α-hetero) is 1. The van der Waals surface area contributed by atoms with E-state index in [1.807, 2.05) is 39.8 Å². The molecule has 2 aliphatic rings. The number of methoxy groups -OCH3 is 1. The van der Waals surface area contributed by atoms with Crippen LogP contribution in [0, 0.1) is 23.7 Å². The van der Waals surface area contributed by atoms with Crippen molar-refractivity contribution in [1.29, 1.82) is 0 Å². The van der Waals surface area contributed by atoms with Crippen molar-refractivity contribution in [2.24, 2.45) is 23.7 Å². The summed E-state index contributed by atoms with van der Waals surface area (Å²) >= 11 is 0. The van der Waals surface area contributed by atoms with Crippen molar-refractivity contribution in [2.75, 3.05) is 21.2 Å². The zero-order valence-corrected chi connectivity index (χ0v) is 26.4. The Morgan fingerprint density at radius 3 is 2.15 bits per heavy atom. The van der Waals surface area contributed by atoms with Gasteiger partial charge < -0.3 is 39.2 Å². The molecule has 0 saturated carbocycles. The first-order valence-corrected chi connectivity index (χ1v) is 14.8. The second-order valence-electron chi connectivity index (χ2n) is 13.1. The van der Waals surface area contributed by atoms with E-state index in [1.165, 1.54) is 6.92 Å². The van der Waals surface area contributed by atoms with Crippen LogP contribution in [0.25, 0.3) is 0 Å². The summed E-state index contributed by atoms with van der Waals surface area (Å²) in [6.07, 6.45) is -3.59. The van der Waals surface area contributed by atoms with Gasteiger partial charge in [-0.3, -0.25) is 9.59 Å². The third kappa shape index (κ3) is 7.62. The highest BCUT2D eigenvalue weighted by Gasteiger charge is 2.50. The van der Waals surface area contributed by atoms with Crippen molar-refractivity contribution in [1.82, 2.24) is 4.90 Å². The van der Waals surface area contributed by atoms with Gasteiger partial charge in [-0.25, -0.2) is 0 Å². The summed E-state index contributed by atoms with van der Waals surface area (Å²) in [5.41, 5.74) is -2.84. The molecular weight excluding hydrogens is 518 g/mol. The van der Waals surface area contributed by atoms with E-state index in [9.17, 15) is 24.9 Å². The van der Waals surface area contributed by atoms with Crippen LogP contribution in [0.5, 0.6) is 0 Å². The number of esters is 1. The summed E-state index contributed by atoms with van der Waals surface area (Å²) in [5.74, 6) is -3.08. The first-order valence-electron chi connectivity index (χ1n) is 14.8. The minimum Gasteiger partial charge on any atom is -0.459 e. The normalized spacial score (nSPS) is 46.6. The number of ketones is 1. The number of aliphatic hydroxyl groups is 3. The van der Waals surface area contributed by atoms with E-state index in [1.54, 1.807) is 34.8 Å². The van der Waals surface area contributed by atoms with Gasteiger partial charge in [0.25, 0.3) is 0 Å². The quantitative estimate of drug-likeness (QED) is 0.421. The molecule has 10 nitrogen and oxygen atoms in total. The van der Waals surface area contributed by atoms with Gasteiger partial charge in [0.2, 0.25) is 0 Å². The topological polar surface area (TPSA) is 135 Å². The van der Waals surface area contributed by atoms with Crippen molar-refractivity contribution in [2.45, 2.75) is 135 Å². The molecule has 0 aliphatic carbocycles. The van der Waals surface area contributed by atoms with Crippen LogP contribution in [0.3, 0.4) is 0 Å². The van der Waals surface area contributed by atoms with Gasteiger partial charge in [-0.1, -0.05) is 34.6 Å². The zero-order chi connectivity index (χ0) is 30.7. The van der Waals surface area contributed by atoms with E-state index < -0.39 is 65.6 Å². The highest BCUT2D eigenvalue weighted by molar-refractivity contribution is 5.83. The molecule has 2 aliphatic heterocycles. The highest BCUT2D eigenvalue weighted by Crippen LogP contribution is 2.39. The van der Waals surface area contributed by atoms with Crippen LogP contribution in [0.4, 0.5) is 0 Å². The Morgan fingerprint density at radius 1 is 1.02 bits per heavy atom. The summed E-state index contributed by atoms with van der Waals surface area (Å²) in [4.78, 5) is 28.7. The summed E-state index contributed by atoms with van der Waals surface area (Å²) in [6, 6.07) is -0.174. The Labute approximate surface area is 240 Å². The first-order chi connectivity index (χ1) is 18.4. The fourth-order valence-electron chi connectivity index (χ4n) is 6.65. The third-order valence-electron chi connectivity index (χ3n) is 9.27. The lowest BCUT2D eigenvalue weighted by molar-refractivity contribution is -0.297. The first kappa shape index (κ1) is 35.1. The number of rotatable bonds is 5. The molecule has 2 heterocycles. The van der Waals surface area contributed by atoms with Crippen LogP contribution in [-0.4, -0.2) is 107 Å². The molecule has 0 radical (unpaired) electrons. The largest absolute Gasteiger partial charge is 0.459 e. The van der Waals surface area contributed by atoms with Gasteiger partial charge in [0.15, 0.2) is 6.29 Å². The molecule has 40 heavy (non-hydrogen) atoms. The second-order valence-corrected chi connectivity index (χ2v) is 13.1. The Kier molecular flexibility index (Phi) is 12.2. The Bertz CT molecular complexity index is 851. The maximum absolute atomic E-state index is 13.6. The van der Waals surface area contributed by atoms with Crippen molar-refractivity contribution in [3.05, 3.63) is 0 Å². The third-order valence-corrected chi connectivity index (χ3v) is 9.27. The van der Waals surface area contributed by atoms with Gasteiger partial charge in [-0.05, 0) is 66.5 Å². The van der Waals surface area contributed by atoms with Crippen LogP contribution < -0.4 is 0 Å². The van der Waals surface area contributed by atoms with Gasteiger partial charge in [0.05, 0.1) is 29.8 Å². The van der Waals surface area contributed by atoms with Crippen LogP contribution in [0.15, 0.2) is 0 Å². The Hall–Kier alpha value is -1.14. The molecule has 0 unspecified atom stereocenters. The number of nitrogens with zero attached hydrogens (tertiary/aromatic N) is 1. The van der Waals surface area contributed by atoms with Crippen LogP contribution in [-0.2, 0) is 28.5 Å². The lowest BCUT2D eigenvalue weighted by atomic mass is 9.74. The summed E-state index contributed by atoms with van der Waals surface area (Å²) in [5, 5.41) is 33.6. The molecule has 2 saturated heterocycles. The number of cyclic esters (lactones) is 1. The van der Waals surface area contributed by atoms with E-state index >= 15 is 0 Å². The lowest BCUT2D eigenvalue weighted by Gasteiger charge is -2.47. The summed E-state index contributed by atoms with van der Waals surface area (Å²) in [7, 11) is 5.37. The van der Waals surface area contributed by atoms with Gasteiger partial charge in [0, 0.05) is 25.0 Å². The standard InChI is InChI=1S/C30H55NO9/c1-12-22-30(8,36)25(34)20(6)23(32)18(4)15-29(7,37-11)26(16(2)13-17(3)27(35)39-22)40-28-24(33)21(31(9)10)14-19(5)38-28/h16-22,24-26,28,33-34,36H,12-15H2,1-11H3/t16-,17+,18+,19+,20-,21-,22+,24+,25+,26+,28-,29+,30+/m0/s1. The smallest absolute Gasteiger partial charge is 0.309 e. The number of carbonyl (C=O) groups excluding carboxylic acids is 2. The predicted octanol–water partition coefficient (Wildman–Crippen LogP) is 2.54. The fraction of sp³-hybridized carbons (Fsp3) is 0.933. The molecule has 0 aromatic heterocycles. The molecular formula is C30H55NO9. The van der Waals surface area contributed by atoms with E-state index in [0.717, 1.165) is 0 Å². The Balaban J connectivity index is 2.54. The van der Waals surface area contributed by atoms with Crippen molar-refractivity contribution in [3.8, 4) is 0 Å². The molecule has 0 amide bonds. The summed E-state index contributed by atoms with van der Waals surface area (Å²) in [6.45, 7) is 14.0. The molecule has 0 spiro atoms. The number of likely N-dealkylation sites (N-methyl/N-ethyl adjacent to an activating group) is 1. The lowest BCUT2D eigenvalue weighted by Crippen LogP contribution is -2.59. The number of hydrogen-bond donors (Lipinski definition) is 3. The van der Waals surface area contributed by atoms with Crippen molar-refractivity contribution in [3.63, 3.8) is 0 Å². The van der Waals surface area contributed by atoms with Gasteiger partial charge in [-0.2, -0.15) is 0 Å². The van der Waals surface area contributed by atoms with E-state index in [-0.39, 0.29) is 36.7 Å². The summed E-state index contributed by atoms with van der Waals surface area (Å²) < 4.78 is 24.5. The maximum atomic E-state index is 13.6. The van der Waals surface area contributed by atoms with E-state index in [0.29, 0.717) is 12.8 Å². The van der Waals surface area contributed by atoms with Gasteiger partial charge in [-0.15, -0.1) is 0 Å². The molecule has 0 aromatic rings. The zero-order valence-electron chi connectivity index (χ0n) is 26.4. The van der Waals surface area contributed by atoms with E-state index in [2.05, 4.69) is 0 Å². The van der Waals surface area contributed by atoms with E-state index in [4.69, 9.17) is 18.9 Å². The maximum Gasteiger partial charge on any atom is 0.309 e. The Morgan fingerprint density at radius 2 is 1.62 bits per heavy atom. The fourth-order valence-corrected chi connectivity index (χ4v) is 6.65. The molecule has 2 fully saturated rings. The molecule has 10 heteroatoms. The average Bonchev–Trinajstić information content (AvgIpc) is 2.88. The molecule has 3 N–H and O–H groups in total. The molecule has 0 aromatic carbocycles. The molecule has 13 atom stereocenters. The highest BCUT2D eigenvalue weighted by atomic mass is 16.7. The number of hydrogen-bond acceptors (Lipinski definition) is 10. The van der Waals surface area contributed by atoms with Gasteiger partial charge >= 0.3 is 5.97 Å². The number of carbonyl (C=O) groups is 2. The molecule has 2 rings (SSSR count).